The molecule has 0 radical (unpaired) electrons. The van der Waals surface area contributed by atoms with Crippen molar-refractivity contribution in [2.75, 3.05) is 6.54 Å². The van der Waals surface area contributed by atoms with Gasteiger partial charge in [-0.2, -0.15) is 0 Å². The van der Waals surface area contributed by atoms with Crippen molar-refractivity contribution >= 4 is 5.91 Å². The van der Waals surface area contributed by atoms with Crippen LogP contribution in [0.4, 0.5) is 0 Å². The summed E-state index contributed by atoms with van der Waals surface area (Å²) in [5.41, 5.74) is 1.12. The van der Waals surface area contributed by atoms with Crippen LogP contribution in [-0.4, -0.2) is 37.5 Å². The van der Waals surface area contributed by atoms with Gasteiger partial charge in [0.2, 0.25) is 5.82 Å². The summed E-state index contributed by atoms with van der Waals surface area (Å²) in [6.45, 7) is 2.54. The maximum atomic E-state index is 12.4. The molecule has 1 fully saturated rings. The number of hydrogen-bond acceptors (Lipinski definition) is 4. The van der Waals surface area contributed by atoms with Crippen LogP contribution in [0.15, 0.2) is 24.5 Å². The number of carbonyl (C=O) groups excluding carboxylic acids is 1. The third kappa shape index (κ3) is 2.21. The number of nitrogens with one attached hydrogen (secondary N) is 1. The molecule has 3 heterocycles. The first kappa shape index (κ1) is 11.8. The van der Waals surface area contributed by atoms with E-state index >= 15 is 0 Å². The predicted octanol–water partition coefficient (Wildman–Crippen LogP) is 1.49. The molecule has 1 N–H and O–H groups in total. The van der Waals surface area contributed by atoms with Gasteiger partial charge in [-0.1, -0.05) is 0 Å². The summed E-state index contributed by atoms with van der Waals surface area (Å²) in [6.07, 6.45) is 5.49. The minimum absolute atomic E-state index is 0.106. The molecule has 1 unspecified atom stereocenters. The topological polar surface area (TPSA) is 74.8 Å². The lowest BCUT2D eigenvalue weighted by Gasteiger charge is -2.23. The minimum Gasteiger partial charge on any atom is -0.329 e. The number of rotatable bonds is 2. The fourth-order valence-electron chi connectivity index (χ4n) is 2.51. The number of aromatic nitrogens is 4. The molecule has 6 nitrogen and oxygen atoms in total. The third-order valence-electron chi connectivity index (χ3n) is 3.39. The molecule has 2 aromatic rings. The van der Waals surface area contributed by atoms with Crippen LogP contribution in [0.2, 0.25) is 0 Å². The molecule has 3 rings (SSSR count). The van der Waals surface area contributed by atoms with E-state index in [9.17, 15) is 4.79 Å². The molecule has 1 atom stereocenters. The molecule has 6 heteroatoms. The summed E-state index contributed by atoms with van der Waals surface area (Å²) in [5, 5.41) is 6.66. The van der Waals surface area contributed by atoms with Crippen LogP contribution >= 0.6 is 0 Å². The van der Waals surface area contributed by atoms with Crippen molar-refractivity contribution in [3.8, 4) is 0 Å². The Morgan fingerprint density at radius 3 is 2.89 bits per heavy atom. The molecule has 19 heavy (non-hydrogen) atoms. The smallest absolute Gasteiger partial charge is 0.294 e. The molecule has 1 saturated heterocycles. The molecule has 1 amide bonds. The Morgan fingerprint density at radius 2 is 2.21 bits per heavy atom. The lowest BCUT2D eigenvalue weighted by molar-refractivity contribution is 0.0723. The van der Waals surface area contributed by atoms with E-state index in [1.807, 2.05) is 17.0 Å². The minimum atomic E-state index is -0.108. The van der Waals surface area contributed by atoms with Crippen molar-refractivity contribution in [1.29, 1.82) is 0 Å². The first-order chi connectivity index (χ1) is 9.25. The van der Waals surface area contributed by atoms with Crippen molar-refractivity contribution in [1.82, 2.24) is 25.1 Å². The van der Waals surface area contributed by atoms with E-state index in [1.54, 1.807) is 19.3 Å². The zero-order chi connectivity index (χ0) is 13.2. The molecule has 0 saturated carbocycles. The van der Waals surface area contributed by atoms with Gasteiger partial charge in [-0.05, 0) is 37.5 Å². The van der Waals surface area contributed by atoms with E-state index < -0.39 is 0 Å². The van der Waals surface area contributed by atoms with Crippen molar-refractivity contribution in [2.24, 2.45) is 0 Å². The molecule has 0 spiro atoms. The summed E-state index contributed by atoms with van der Waals surface area (Å²) < 4.78 is 0. The molecular formula is C13H15N5O. The number of nitrogens with zero attached hydrogens (tertiary/aromatic N) is 4. The van der Waals surface area contributed by atoms with Crippen LogP contribution < -0.4 is 0 Å². The molecule has 2 aromatic heterocycles. The number of hydrogen-bond donors (Lipinski definition) is 1. The van der Waals surface area contributed by atoms with Crippen LogP contribution in [0.1, 0.15) is 40.9 Å². The molecule has 98 valence electrons. The normalized spacial score (nSPS) is 18.8. The first-order valence-electron chi connectivity index (χ1n) is 6.35. The van der Waals surface area contributed by atoms with Gasteiger partial charge in [-0.25, -0.2) is 4.98 Å². The van der Waals surface area contributed by atoms with Gasteiger partial charge in [0.05, 0.1) is 6.04 Å². The van der Waals surface area contributed by atoms with E-state index in [2.05, 4.69) is 20.2 Å². The van der Waals surface area contributed by atoms with Gasteiger partial charge in [-0.15, -0.1) is 5.10 Å². The van der Waals surface area contributed by atoms with Crippen molar-refractivity contribution in [3.63, 3.8) is 0 Å². The standard InChI is InChI=1S/C13H15N5O/c1-9-15-12(17-16-9)13(19)18-8-2-3-11(18)10-4-6-14-7-5-10/h4-7,11H,2-3,8H2,1H3,(H,15,16,17). The van der Waals surface area contributed by atoms with Crippen LogP contribution in [-0.2, 0) is 0 Å². The van der Waals surface area contributed by atoms with Crippen LogP contribution in [0.25, 0.3) is 0 Å². The van der Waals surface area contributed by atoms with E-state index in [0.717, 1.165) is 24.9 Å². The Morgan fingerprint density at radius 1 is 1.42 bits per heavy atom. The maximum absolute atomic E-state index is 12.4. The fraction of sp³-hybridized carbons (Fsp3) is 0.385. The fourth-order valence-corrected chi connectivity index (χ4v) is 2.51. The van der Waals surface area contributed by atoms with Crippen LogP contribution in [0.5, 0.6) is 0 Å². The number of H-pyrrole nitrogens is 1. The zero-order valence-electron chi connectivity index (χ0n) is 10.7. The van der Waals surface area contributed by atoms with Gasteiger partial charge >= 0.3 is 0 Å². The number of aromatic amines is 1. The highest BCUT2D eigenvalue weighted by Crippen LogP contribution is 2.32. The highest BCUT2D eigenvalue weighted by atomic mass is 16.2. The monoisotopic (exact) mass is 257 g/mol. The lowest BCUT2D eigenvalue weighted by atomic mass is 10.1. The second-order valence-corrected chi connectivity index (χ2v) is 4.68. The molecule has 0 bridgehead atoms. The van der Waals surface area contributed by atoms with Gasteiger partial charge in [0.1, 0.15) is 5.82 Å². The van der Waals surface area contributed by atoms with E-state index in [1.165, 1.54) is 0 Å². The van der Waals surface area contributed by atoms with Crippen molar-refractivity contribution in [3.05, 3.63) is 41.7 Å². The number of pyridine rings is 1. The Kier molecular flexibility index (Phi) is 2.98. The molecule has 1 aliphatic heterocycles. The highest BCUT2D eigenvalue weighted by molar-refractivity contribution is 5.90. The van der Waals surface area contributed by atoms with Crippen LogP contribution in [0, 0.1) is 6.92 Å². The number of likely N-dealkylation sites (tertiary alicyclic amines) is 1. The van der Waals surface area contributed by atoms with E-state index in [-0.39, 0.29) is 17.8 Å². The first-order valence-corrected chi connectivity index (χ1v) is 6.35. The molecule has 1 aliphatic rings. The summed E-state index contributed by atoms with van der Waals surface area (Å²) in [4.78, 5) is 22.4. The summed E-state index contributed by atoms with van der Waals surface area (Å²) in [7, 11) is 0. The molecule has 0 aliphatic carbocycles. The lowest BCUT2D eigenvalue weighted by Crippen LogP contribution is -2.31. The number of aryl methyl sites for hydroxylation is 1. The largest absolute Gasteiger partial charge is 0.329 e. The predicted molar refractivity (Wildman–Crippen MR) is 68.4 cm³/mol. The molecule has 0 aromatic carbocycles. The Bertz CT molecular complexity index is 580. The second kappa shape index (κ2) is 4.79. The summed E-state index contributed by atoms with van der Waals surface area (Å²) >= 11 is 0. The third-order valence-corrected chi connectivity index (χ3v) is 3.39. The van der Waals surface area contributed by atoms with Gasteiger partial charge in [0.25, 0.3) is 5.91 Å². The Balaban J connectivity index is 1.86. The van der Waals surface area contributed by atoms with Crippen molar-refractivity contribution < 1.29 is 4.79 Å². The molecular weight excluding hydrogens is 242 g/mol. The van der Waals surface area contributed by atoms with Crippen molar-refractivity contribution in [2.45, 2.75) is 25.8 Å². The average Bonchev–Trinajstić information content (AvgIpc) is 3.07. The second-order valence-electron chi connectivity index (χ2n) is 4.68. The summed E-state index contributed by atoms with van der Waals surface area (Å²) in [6, 6.07) is 4.02. The number of carbonyl (C=O) groups is 1. The average molecular weight is 257 g/mol. The SMILES string of the molecule is Cc1nc(C(=O)N2CCCC2c2ccncc2)n[nH]1. The number of amides is 1. The Hall–Kier alpha value is -2.24. The summed E-state index contributed by atoms with van der Waals surface area (Å²) in [5.74, 6) is 0.796. The maximum Gasteiger partial charge on any atom is 0.294 e. The highest BCUT2D eigenvalue weighted by Gasteiger charge is 2.32. The quantitative estimate of drug-likeness (QED) is 0.884. The van der Waals surface area contributed by atoms with E-state index in [0.29, 0.717) is 5.82 Å². The van der Waals surface area contributed by atoms with Gasteiger partial charge < -0.3 is 4.90 Å². The van der Waals surface area contributed by atoms with E-state index in [4.69, 9.17) is 0 Å². The zero-order valence-corrected chi connectivity index (χ0v) is 10.7. The van der Waals surface area contributed by atoms with Gasteiger partial charge in [0, 0.05) is 18.9 Å². The van der Waals surface area contributed by atoms with Gasteiger partial charge in [0.15, 0.2) is 0 Å². The van der Waals surface area contributed by atoms with Crippen LogP contribution in [0.3, 0.4) is 0 Å². The Labute approximate surface area is 110 Å². The van der Waals surface area contributed by atoms with Gasteiger partial charge in [-0.3, -0.25) is 14.9 Å².